The molecule has 31 heavy (non-hydrogen) atoms. The highest BCUT2D eigenvalue weighted by Gasteiger charge is 2.33. The van der Waals surface area contributed by atoms with Crippen LogP contribution < -0.4 is 9.62 Å². The lowest BCUT2D eigenvalue weighted by Crippen LogP contribution is -2.29. The molecule has 0 spiro atoms. The van der Waals surface area contributed by atoms with Crippen molar-refractivity contribution in [1.82, 2.24) is 4.31 Å². The summed E-state index contributed by atoms with van der Waals surface area (Å²) in [6, 6.07) is 13.2. The molecule has 0 aromatic heterocycles. The molecule has 1 aliphatic carbocycles. The molecule has 1 aliphatic heterocycles. The van der Waals surface area contributed by atoms with Crippen LogP contribution >= 0.6 is 23.9 Å². The molecule has 1 saturated heterocycles. The molecule has 1 N–H and O–H groups in total. The van der Waals surface area contributed by atoms with E-state index in [0.717, 1.165) is 42.6 Å². The van der Waals surface area contributed by atoms with E-state index in [-0.39, 0.29) is 5.91 Å². The van der Waals surface area contributed by atoms with Crippen molar-refractivity contribution in [2.45, 2.75) is 30.6 Å². The van der Waals surface area contributed by atoms with E-state index in [2.05, 4.69) is 21.8 Å². The van der Waals surface area contributed by atoms with Gasteiger partial charge in [0.05, 0.1) is 11.3 Å². The number of nitrogens with one attached hydrogen (secondary N) is 1. The molecule has 0 unspecified atom stereocenters. The van der Waals surface area contributed by atoms with E-state index in [1.165, 1.54) is 42.5 Å². The van der Waals surface area contributed by atoms with Crippen LogP contribution in [0, 0.1) is 11.8 Å². The minimum atomic E-state index is -0.220. The van der Waals surface area contributed by atoms with Crippen molar-refractivity contribution in [3.8, 4) is 0 Å². The first-order valence-corrected chi connectivity index (χ1v) is 12.7. The number of rotatable bonds is 8. The number of amides is 1. The highest BCUT2D eigenvalue weighted by molar-refractivity contribution is 7.99. The van der Waals surface area contributed by atoms with Gasteiger partial charge < -0.3 is 9.62 Å². The van der Waals surface area contributed by atoms with Gasteiger partial charge in [-0.15, -0.1) is 0 Å². The number of carbonyl (C=O) groups excluding carboxylic acids is 2. The van der Waals surface area contributed by atoms with E-state index in [1.54, 1.807) is 18.2 Å². The van der Waals surface area contributed by atoms with E-state index >= 15 is 0 Å². The van der Waals surface area contributed by atoms with Crippen molar-refractivity contribution in [3.05, 3.63) is 53.6 Å². The van der Waals surface area contributed by atoms with Crippen molar-refractivity contribution >= 4 is 47.5 Å². The van der Waals surface area contributed by atoms with E-state index in [4.69, 9.17) is 0 Å². The molecule has 0 bridgehead atoms. The van der Waals surface area contributed by atoms with Gasteiger partial charge in [-0.3, -0.25) is 9.59 Å². The number of piperidine rings is 1. The first kappa shape index (κ1) is 22.2. The first-order valence-electron chi connectivity index (χ1n) is 10.8. The third-order valence-electron chi connectivity index (χ3n) is 6.15. The molecule has 5 nitrogen and oxygen atoms in total. The lowest BCUT2D eigenvalue weighted by molar-refractivity contribution is 0.102. The molecule has 2 aliphatic rings. The molecule has 164 valence electrons. The van der Waals surface area contributed by atoms with Crippen LogP contribution in [0.25, 0.3) is 0 Å². The minimum absolute atomic E-state index is 0.220. The van der Waals surface area contributed by atoms with Crippen LogP contribution in [0.1, 0.15) is 46.4 Å². The van der Waals surface area contributed by atoms with Gasteiger partial charge in [0, 0.05) is 42.5 Å². The lowest BCUT2D eigenvalue weighted by atomic mass is 9.93. The zero-order chi connectivity index (χ0) is 21.8. The number of benzene rings is 2. The first-order chi connectivity index (χ1) is 15.1. The molecule has 1 amide bonds. The standard InChI is InChI=1S/C24H29N3O2S2/c1-26(30-2)23-10-3-17(16-28)15-22(23)24(29)25-20-6-8-21(9-7-20)31-27-13-11-19(12-14-27)18-4-5-18/h3,6-10,15-16,18-19H,4-5,11-14H2,1-2H3,(H,25,29). The second kappa shape index (κ2) is 10.1. The zero-order valence-electron chi connectivity index (χ0n) is 18.0. The Bertz CT molecular complexity index is 923. The van der Waals surface area contributed by atoms with Gasteiger partial charge in [-0.2, -0.15) is 0 Å². The van der Waals surface area contributed by atoms with Crippen LogP contribution in [-0.4, -0.2) is 42.9 Å². The quantitative estimate of drug-likeness (QED) is 0.413. The zero-order valence-corrected chi connectivity index (χ0v) is 19.7. The molecule has 2 aromatic carbocycles. The Morgan fingerprint density at radius 3 is 2.35 bits per heavy atom. The van der Waals surface area contributed by atoms with Crippen molar-refractivity contribution < 1.29 is 9.59 Å². The fraction of sp³-hybridized carbons (Fsp3) is 0.417. The number of anilines is 2. The Balaban J connectivity index is 1.37. The second-order valence-electron chi connectivity index (χ2n) is 8.25. The number of nitrogens with zero attached hydrogens (tertiary/aromatic N) is 2. The summed E-state index contributed by atoms with van der Waals surface area (Å²) in [7, 11) is 1.90. The Labute approximate surface area is 193 Å². The average Bonchev–Trinajstić information content (AvgIpc) is 3.65. The lowest BCUT2D eigenvalue weighted by Gasteiger charge is -2.31. The van der Waals surface area contributed by atoms with E-state index in [9.17, 15) is 9.59 Å². The molecule has 7 heteroatoms. The van der Waals surface area contributed by atoms with Gasteiger partial charge in [-0.25, -0.2) is 4.31 Å². The summed E-state index contributed by atoms with van der Waals surface area (Å²) in [5.41, 5.74) is 2.49. The Kier molecular flexibility index (Phi) is 7.25. The maximum absolute atomic E-state index is 12.9. The maximum Gasteiger partial charge on any atom is 0.257 e. The van der Waals surface area contributed by atoms with Gasteiger partial charge in [-0.1, -0.05) is 11.9 Å². The van der Waals surface area contributed by atoms with Crippen LogP contribution in [0.2, 0.25) is 0 Å². The summed E-state index contributed by atoms with van der Waals surface area (Å²) >= 11 is 3.32. The Morgan fingerprint density at radius 2 is 1.74 bits per heavy atom. The molecular weight excluding hydrogens is 426 g/mol. The van der Waals surface area contributed by atoms with Crippen LogP contribution in [0.5, 0.6) is 0 Å². The van der Waals surface area contributed by atoms with Crippen molar-refractivity contribution in [1.29, 1.82) is 0 Å². The van der Waals surface area contributed by atoms with Crippen molar-refractivity contribution in [2.24, 2.45) is 11.8 Å². The normalized spacial score (nSPS) is 17.4. The van der Waals surface area contributed by atoms with Crippen LogP contribution in [0.3, 0.4) is 0 Å². The fourth-order valence-electron chi connectivity index (χ4n) is 4.13. The van der Waals surface area contributed by atoms with Gasteiger partial charge >= 0.3 is 0 Å². The van der Waals surface area contributed by atoms with Crippen molar-refractivity contribution in [2.75, 3.05) is 36.0 Å². The number of hydrogen-bond donors (Lipinski definition) is 1. The van der Waals surface area contributed by atoms with E-state index < -0.39 is 0 Å². The average molecular weight is 456 g/mol. The monoisotopic (exact) mass is 455 g/mol. The Morgan fingerprint density at radius 1 is 1.06 bits per heavy atom. The molecule has 0 atom stereocenters. The van der Waals surface area contributed by atoms with Gasteiger partial charge in [0.1, 0.15) is 6.29 Å². The molecule has 1 heterocycles. The van der Waals surface area contributed by atoms with Gasteiger partial charge in [0.15, 0.2) is 0 Å². The minimum Gasteiger partial charge on any atom is -0.322 e. The van der Waals surface area contributed by atoms with Crippen LogP contribution in [0.15, 0.2) is 47.4 Å². The third-order valence-corrected chi connectivity index (χ3v) is 8.00. The summed E-state index contributed by atoms with van der Waals surface area (Å²) in [4.78, 5) is 25.3. The fourth-order valence-corrected chi connectivity index (χ4v) is 5.44. The molecular formula is C24H29N3O2S2. The molecule has 2 fully saturated rings. The summed E-state index contributed by atoms with van der Waals surface area (Å²) in [6.45, 7) is 2.31. The van der Waals surface area contributed by atoms with Gasteiger partial charge in [0.25, 0.3) is 5.91 Å². The van der Waals surface area contributed by atoms with E-state index in [0.29, 0.717) is 11.1 Å². The second-order valence-corrected chi connectivity index (χ2v) is 10.3. The number of hydrogen-bond acceptors (Lipinski definition) is 6. The van der Waals surface area contributed by atoms with Gasteiger partial charge in [0.2, 0.25) is 0 Å². The maximum atomic E-state index is 12.9. The SMILES string of the molecule is CSN(C)c1ccc(C=O)cc1C(=O)Nc1ccc(SN2CCC(C3CC3)CC2)cc1. The number of carbonyl (C=O) groups is 2. The summed E-state index contributed by atoms with van der Waals surface area (Å²) in [5.74, 6) is 1.74. The van der Waals surface area contributed by atoms with Crippen molar-refractivity contribution in [3.63, 3.8) is 0 Å². The predicted molar refractivity (Wildman–Crippen MR) is 131 cm³/mol. The summed E-state index contributed by atoms with van der Waals surface area (Å²) in [5, 5.41) is 2.97. The number of aldehydes is 1. The smallest absolute Gasteiger partial charge is 0.257 e. The highest BCUT2D eigenvalue weighted by Crippen LogP contribution is 2.43. The molecule has 1 saturated carbocycles. The van der Waals surface area contributed by atoms with Gasteiger partial charge in [-0.05, 0) is 91.9 Å². The molecule has 4 rings (SSSR count). The third kappa shape index (κ3) is 5.64. The van der Waals surface area contributed by atoms with E-state index in [1.807, 2.05) is 41.7 Å². The van der Waals surface area contributed by atoms with Crippen LogP contribution in [-0.2, 0) is 0 Å². The van der Waals surface area contributed by atoms with Crippen LogP contribution in [0.4, 0.5) is 11.4 Å². The largest absolute Gasteiger partial charge is 0.322 e. The Hall–Kier alpha value is -1.96. The predicted octanol–water partition coefficient (Wildman–Crippen LogP) is 5.59. The summed E-state index contributed by atoms with van der Waals surface area (Å²) in [6.07, 6.45) is 8.23. The summed E-state index contributed by atoms with van der Waals surface area (Å²) < 4.78 is 4.37. The molecule has 0 radical (unpaired) electrons. The molecule has 2 aromatic rings. The topological polar surface area (TPSA) is 52.7 Å². The highest BCUT2D eigenvalue weighted by atomic mass is 32.2.